The molecule has 1 saturated heterocycles. The summed E-state index contributed by atoms with van der Waals surface area (Å²) >= 11 is 3.28. The van der Waals surface area contributed by atoms with Crippen LogP contribution in [0.4, 0.5) is 5.69 Å². The fourth-order valence-electron chi connectivity index (χ4n) is 1.67. The van der Waals surface area contributed by atoms with Crippen LogP contribution in [-0.4, -0.2) is 19.1 Å². The molecule has 4 nitrogen and oxygen atoms in total. The smallest absolute Gasteiger partial charge is 0.263 e. The number of aryl methyl sites for hydroxylation is 1. The Hall–Kier alpha value is -0.880. The Morgan fingerprint density at radius 1 is 1.29 bits per heavy atom. The molecule has 6 heteroatoms. The van der Waals surface area contributed by atoms with Gasteiger partial charge < -0.3 is 0 Å². The Balaban J connectivity index is 2.55. The third-order valence-electron chi connectivity index (χ3n) is 2.91. The van der Waals surface area contributed by atoms with Crippen LogP contribution in [-0.2, 0) is 14.8 Å². The Labute approximate surface area is 109 Å². The van der Waals surface area contributed by atoms with Gasteiger partial charge in [0.25, 0.3) is 15.9 Å². The summed E-state index contributed by atoms with van der Waals surface area (Å²) in [6, 6.07) is 5.18. The molecule has 1 fully saturated rings. The summed E-state index contributed by atoms with van der Waals surface area (Å²) in [5, 5.41) is 0. The van der Waals surface area contributed by atoms with Crippen molar-refractivity contribution in [3.63, 3.8) is 0 Å². The van der Waals surface area contributed by atoms with Crippen LogP contribution in [0.1, 0.15) is 19.4 Å². The summed E-state index contributed by atoms with van der Waals surface area (Å²) in [7, 11) is -3.58. The lowest BCUT2D eigenvalue weighted by molar-refractivity contribution is -0.120. The van der Waals surface area contributed by atoms with Crippen molar-refractivity contribution in [2.24, 2.45) is 0 Å². The quantitative estimate of drug-likeness (QED) is 0.798. The van der Waals surface area contributed by atoms with E-state index in [2.05, 4.69) is 15.9 Å². The summed E-state index contributed by atoms with van der Waals surface area (Å²) in [5.41, 5.74) is 1.37. The lowest BCUT2D eigenvalue weighted by Crippen LogP contribution is -2.67. The molecule has 92 valence electrons. The number of nitrogens with zero attached hydrogens (tertiary/aromatic N) is 1. The summed E-state index contributed by atoms with van der Waals surface area (Å²) in [4.78, 5) is 11.9. The summed E-state index contributed by atoms with van der Waals surface area (Å²) < 4.78 is 24.1. The fraction of sp³-hybridized carbons (Fsp3) is 0.364. The minimum atomic E-state index is -3.58. The first-order valence-electron chi connectivity index (χ1n) is 5.05. The first kappa shape index (κ1) is 12.6. The van der Waals surface area contributed by atoms with E-state index in [-0.39, 0.29) is 0 Å². The van der Waals surface area contributed by atoms with Crippen LogP contribution in [0.25, 0.3) is 0 Å². The van der Waals surface area contributed by atoms with E-state index in [9.17, 15) is 13.2 Å². The fourth-order valence-corrected chi connectivity index (χ4v) is 3.96. The number of carbonyl (C=O) groups is 1. The molecule has 1 heterocycles. The number of halogens is 1. The molecule has 0 atom stereocenters. The Morgan fingerprint density at radius 3 is 2.35 bits per heavy atom. The number of rotatable bonds is 1. The van der Waals surface area contributed by atoms with Gasteiger partial charge in [-0.15, -0.1) is 0 Å². The van der Waals surface area contributed by atoms with Gasteiger partial charge in [-0.2, -0.15) is 0 Å². The third kappa shape index (κ3) is 1.54. The number of hydrogen-bond donors (Lipinski definition) is 0. The molecular formula is C11H12BrNO3S. The summed E-state index contributed by atoms with van der Waals surface area (Å²) in [5.74, 6) is -0.401. The van der Waals surface area contributed by atoms with E-state index < -0.39 is 20.7 Å². The second-order valence-electron chi connectivity index (χ2n) is 4.54. The molecule has 1 aromatic rings. The van der Waals surface area contributed by atoms with Gasteiger partial charge in [-0.05, 0) is 54.4 Å². The number of hydrogen-bond acceptors (Lipinski definition) is 3. The van der Waals surface area contributed by atoms with E-state index in [0.717, 1.165) is 9.87 Å². The molecule has 0 N–H and O–H groups in total. The van der Waals surface area contributed by atoms with Crippen molar-refractivity contribution in [1.29, 1.82) is 0 Å². The van der Waals surface area contributed by atoms with Crippen molar-refractivity contribution in [1.82, 2.24) is 0 Å². The first-order valence-corrected chi connectivity index (χ1v) is 7.28. The monoisotopic (exact) mass is 317 g/mol. The van der Waals surface area contributed by atoms with E-state index in [0.29, 0.717) is 10.2 Å². The average Bonchev–Trinajstić information content (AvgIpc) is 2.21. The van der Waals surface area contributed by atoms with Crippen LogP contribution in [0.2, 0.25) is 0 Å². The highest BCUT2D eigenvalue weighted by molar-refractivity contribution is 9.10. The molecule has 1 aliphatic rings. The van der Waals surface area contributed by atoms with Crippen LogP contribution in [0.3, 0.4) is 0 Å². The van der Waals surface area contributed by atoms with Gasteiger partial charge in [0.1, 0.15) is 0 Å². The molecule has 2 rings (SSSR count). The number of amides is 1. The molecule has 0 bridgehead atoms. The molecule has 1 aliphatic heterocycles. The molecule has 17 heavy (non-hydrogen) atoms. The molecule has 1 amide bonds. The molecular weight excluding hydrogens is 306 g/mol. The lowest BCUT2D eigenvalue weighted by atomic mass is 10.1. The number of sulfonamides is 1. The maximum absolute atomic E-state index is 12.0. The summed E-state index contributed by atoms with van der Waals surface area (Å²) in [6.45, 7) is 4.73. The minimum Gasteiger partial charge on any atom is -0.272 e. The number of anilines is 1. The highest BCUT2D eigenvalue weighted by Gasteiger charge is 2.61. The predicted octanol–water partition coefficient (Wildman–Crippen LogP) is 2.21. The number of benzene rings is 1. The first-order chi connectivity index (χ1) is 7.69. The van der Waals surface area contributed by atoms with E-state index in [1.54, 1.807) is 18.2 Å². The SMILES string of the molecule is Cc1ccc(N2C(=O)C(C)(C)S2(=O)=O)c(Br)c1. The van der Waals surface area contributed by atoms with Gasteiger partial charge in [-0.1, -0.05) is 6.07 Å². The predicted molar refractivity (Wildman–Crippen MR) is 69.4 cm³/mol. The van der Waals surface area contributed by atoms with Crippen LogP contribution in [0.5, 0.6) is 0 Å². The van der Waals surface area contributed by atoms with Crippen molar-refractivity contribution >= 4 is 37.5 Å². The number of carbonyl (C=O) groups excluding carboxylic acids is 1. The van der Waals surface area contributed by atoms with Crippen molar-refractivity contribution < 1.29 is 13.2 Å². The van der Waals surface area contributed by atoms with Crippen LogP contribution in [0.15, 0.2) is 22.7 Å². The molecule has 0 spiro atoms. The molecule has 0 unspecified atom stereocenters. The molecule has 0 aliphatic carbocycles. The zero-order chi connectivity index (χ0) is 13.0. The second-order valence-corrected chi connectivity index (χ2v) is 7.73. The van der Waals surface area contributed by atoms with Crippen molar-refractivity contribution in [2.45, 2.75) is 25.5 Å². The van der Waals surface area contributed by atoms with E-state index in [4.69, 9.17) is 0 Å². The minimum absolute atomic E-state index is 0.375. The van der Waals surface area contributed by atoms with Gasteiger partial charge in [0.15, 0.2) is 4.75 Å². The maximum Gasteiger partial charge on any atom is 0.263 e. The zero-order valence-corrected chi connectivity index (χ0v) is 12.1. The van der Waals surface area contributed by atoms with Crippen LogP contribution >= 0.6 is 15.9 Å². The van der Waals surface area contributed by atoms with E-state index >= 15 is 0 Å². The molecule has 0 radical (unpaired) electrons. The van der Waals surface area contributed by atoms with Gasteiger partial charge >= 0.3 is 0 Å². The molecule has 1 aromatic carbocycles. The topological polar surface area (TPSA) is 54.5 Å². The highest BCUT2D eigenvalue weighted by atomic mass is 79.9. The van der Waals surface area contributed by atoms with Gasteiger partial charge in [0.2, 0.25) is 0 Å². The van der Waals surface area contributed by atoms with Crippen LogP contribution < -0.4 is 4.31 Å². The summed E-state index contributed by atoms with van der Waals surface area (Å²) in [6.07, 6.45) is 0. The maximum atomic E-state index is 12.0. The highest BCUT2D eigenvalue weighted by Crippen LogP contribution is 2.42. The van der Waals surface area contributed by atoms with Gasteiger partial charge in [0, 0.05) is 4.47 Å². The Kier molecular flexibility index (Phi) is 2.63. The van der Waals surface area contributed by atoms with Crippen molar-refractivity contribution in [3.8, 4) is 0 Å². The Morgan fingerprint density at radius 2 is 1.88 bits per heavy atom. The lowest BCUT2D eigenvalue weighted by Gasteiger charge is -2.43. The standard InChI is InChI=1S/C11H12BrNO3S/c1-7-4-5-9(8(12)6-7)13-10(14)11(2,3)17(13,15)16/h4-6H,1-3H3. The van der Waals surface area contributed by atoms with Gasteiger partial charge in [0.05, 0.1) is 5.69 Å². The van der Waals surface area contributed by atoms with Crippen molar-refractivity contribution in [3.05, 3.63) is 28.2 Å². The van der Waals surface area contributed by atoms with E-state index in [1.165, 1.54) is 13.8 Å². The van der Waals surface area contributed by atoms with Crippen molar-refractivity contribution in [2.75, 3.05) is 4.31 Å². The van der Waals surface area contributed by atoms with Crippen LogP contribution in [0, 0.1) is 6.92 Å². The molecule has 0 saturated carbocycles. The third-order valence-corrected chi connectivity index (χ3v) is 5.85. The largest absolute Gasteiger partial charge is 0.272 e. The molecule has 0 aromatic heterocycles. The van der Waals surface area contributed by atoms with Gasteiger partial charge in [-0.3, -0.25) is 4.79 Å². The normalized spacial score (nSPS) is 21.2. The van der Waals surface area contributed by atoms with E-state index in [1.807, 2.05) is 6.92 Å². The second kappa shape index (κ2) is 3.55. The zero-order valence-electron chi connectivity index (χ0n) is 9.69. The Bertz CT molecular complexity index is 607. The average molecular weight is 318 g/mol. The van der Waals surface area contributed by atoms with Gasteiger partial charge in [-0.25, -0.2) is 12.7 Å².